The third kappa shape index (κ3) is 3.44. The summed E-state index contributed by atoms with van der Waals surface area (Å²) in [6, 6.07) is 10.2. The average Bonchev–Trinajstić information content (AvgIpc) is 3.32. The van der Waals surface area contributed by atoms with Gasteiger partial charge in [0.1, 0.15) is 5.82 Å². The van der Waals surface area contributed by atoms with Crippen LogP contribution in [-0.2, 0) is 6.42 Å². The fraction of sp³-hybridized carbons (Fsp3) is 0.150. The van der Waals surface area contributed by atoms with Gasteiger partial charge in [-0.2, -0.15) is 15.0 Å². The monoisotopic (exact) mass is 363 g/mol. The molecule has 2 aromatic carbocycles. The number of H-pyrrole nitrogens is 1. The summed E-state index contributed by atoms with van der Waals surface area (Å²) < 4.78 is 13.5. The Bertz CT molecular complexity index is 1100. The predicted molar refractivity (Wildman–Crippen MR) is 100 cm³/mol. The normalized spacial score (nSPS) is 11.0. The van der Waals surface area contributed by atoms with Crippen LogP contribution in [0.1, 0.15) is 21.5 Å². The molecule has 0 spiro atoms. The van der Waals surface area contributed by atoms with E-state index in [9.17, 15) is 9.18 Å². The van der Waals surface area contributed by atoms with Crippen LogP contribution < -0.4 is 5.32 Å². The van der Waals surface area contributed by atoms with Gasteiger partial charge in [0, 0.05) is 23.6 Å². The molecule has 0 saturated heterocycles. The van der Waals surface area contributed by atoms with E-state index in [4.69, 9.17) is 0 Å². The quantitative estimate of drug-likeness (QED) is 0.572. The number of hydrogen-bond donors (Lipinski definition) is 2. The number of rotatable bonds is 5. The van der Waals surface area contributed by atoms with Crippen molar-refractivity contribution in [2.45, 2.75) is 13.3 Å². The molecule has 0 radical (unpaired) electrons. The Hall–Kier alpha value is -3.48. The van der Waals surface area contributed by atoms with Crippen LogP contribution in [0.25, 0.3) is 16.6 Å². The Morgan fingerprint density at radius 2 is 2.00 bits per heavy atom. The van der Waals surface area contributed by atoms with Crippen LogP contribution >= 0.6 is 0 Å². The number of aryl methyl sites for hydroxylation is 1. The van der Waals surface area contributed by atoms with Crippen LogP contribution in [-0.4, -0.2) is 32.4 Å². The van der Waals surface area contributed by atoms with Crippen molar-refractivity contribution in [3.63, 3.8) is 0 Å². The second-order valence-electron chi connectivity index (χ2n) is 6.35. The molecular formula is C20H18FN5O. The van der Waals surface area contributed by atoms with Gasteiger partial charge in [-0.1, -0.05) is 11.6 Å². The number of carbonyl (C=O) groups is 1. The molecular weight excluding hydrogens is 345 g/mol. The van der Waals surface area contributed by atoms with Gasteiger partial charge in [-0.25, -0.2) is 4.39 Å². The average molecular weight is 363 g/mol. The van der Waals surface area contributed by atoms with E-state index in [0.717, 1.165) is 22.0 Å². The van der Waals surface area contributed by atoms with Gasteiger partial charge in [-0.15, -0.1) is 0 Å². The SMILES string of the molecule is Cc1ccc(-n2nccn2)c(C(=O)NCCc2c[nH]c3ccc(F)cc23)c1. The molecule has 136 valence electrons. The number of fused-ring (bicyclic) bond motifs is 1. The number of halogens is 1. The molecule has 0 fully saturated rings. The second-order valence-corrected chi connectivity index (χ2v) is 6.35. The summed E-state index contributed by atoms with van der Waals surface area (Å²) >= 11 is 0. The summed E-state index contributed by atoms with van der Waals surface area (Å²) in [6.07, 6.45) is 5.58. The Labute approximate surface area is 155 Å². The first-order valence-corrected chi connectivity index (χ1v) is 8.63. The summed E-state index contributed by atoms with van der Waals surface area (Å²) in [7, 11) is 0. The van der Waals surface area contributed by atoms with Crippen LogP contribution in [0.4, 0.5) is 4.39 Å². The molecule has 0 bridgehead atoms. The van der Waals surface area contributed by atoms with E-state index >= 15 is 0 Å². The number of hydrogen-bond acceptors (Lipinski definition) is 3. The first kappa shape index (κ1) is 17.0. The van der Waals surface area contributed by atoms with E-state index < -0.39 is 0 Å². The van der Waals surface area contributed by atoms with Crippen LogP contribution in [0.15, 0.2) is 55.0 Å². The van der Waals surface area contributed by atoms with Crippen molar-refractivity contribution in [2.75, 3.05) is 6.54 Å². The Balaban J connectivity index is 1.50. The molecule has 2 aromatic heterocycles. The largest absolute Gasteiger partial charge is 0.361 e. The fourth-order valence-corrected chi connectivity index (χ4v) is 3.11. The highest BCUT2D eigenvalue weighted by Crippen LogP contribution is 2.20. The lowest BCUT2D eigenvalue weighted by Crippen LogP contribution is -2.27. The number of amides is 1. The van der Waals surface area contributed by atoms with Crippen LogP contribution in [0, 0.1) is 12.7 Å². The van der Waals surface area contributed by atoms with Gasteiger partial charge in [0.05, 0.1) is 23.6 Å². The Morgan fingerprint density at radius 3 is 2.81 bits per heavy atom. The summed E-state index contributed by atoms with van der Waals surface area (Å²) in [6.45, 7) is 2.36. The predicted octanol–water partition coefficient (Wildman–Crippen LogP) is 3.17. The molecule has 0 aliphatic rings. The van der Waals surface area contributed by atoms with E-state index in [1.807, 2.05) is 31.3 Å². The molecule has 1 amide bonds. The molecule has 0 aliphatic carbocycles. The van der Waals surface area contributed by atoms with E-state index in [1.54, 1.807) is 18.5 Å². The van der Waals surface area contributed by atoms with E-state index in [-0.39, 0.29) is 11.7 Å². The molecule has 2 N–H and O–H groups in total. The van der Waals surface area contributed by atoms with Crippen molar-refractivity contribution < 1.29 is 9.18 Å². The Kier molecular flexibility index (Phi) is 4.42. The highest BCUT2D eigenvalue weighted by atomic mass is 19.1. The van der Waals surface area contributed by atoms with Gasteiger partial charge in [0.15, 0.2) is 0 Å². The smallest absolute Gasteiger partial charge is 0.253 e. The minimum Gasteiger partial charge on any atom is -0.361 e. The van der Waals surface area contributed by atoms with Crippen molar-refractivity contribution in [2.24, 2.45) is 0 Å². The van der Waals surface area contributed by atoms with Crippen LogP contribution in [0.5, 0.6) is 0 Å². The molecule has 0 saturated carbocycles. The summed E-state index contributed by atoms with van der Waals surface area (Å²) in [5.74, 6) is -0.472. The molecule has 27 heavy (non-hydrogen) atoms. The van der Waals surface area contributed by atoms with E-state index in [1.165, 1.54) is 16.9 Å². The first-order chi connectivity index (χ1) is 13.1. The van der Waals surface area contributed by atoms with Crippen molar-refractivity contribution in [3.05, 3.63) is 77.5 Å². The number of nitrogens with zero attached hydrogens (tertiary/aromatic N) is 3. The van der Waals surface area contributed by atoms with E-state index in [0.29, 0.717) is 24.2 Å². The van der Waals surface area contributed by atoms with Gasteiger partial charge in [-0.3, -0.25) is 4.79 Å². The van der Waals surface area contributed by atoms with Crippen molar-refractivity contribution in [1.29, 1.82) is 0 Å². The highest BCUT2D eigenvalue weighted by molar-refractivity contribution is 5.98. The van der Waals surface area contributed by atoms with Gasteiger partial charge < -0.3 is 10.3 Å². The highest BCUT2D eigenvalue weighted by Gasteiger charge is 2.14. The van der Waals surface area contributed by atoms with Crippen molar-refractivity contribution in [1.82, 2.24) is 25.3 Å². The van der Waals surface area contributed by atoms with Crippen molar-refractivity contribution >= 4 is 16.8 Å². The molecule has 6 nitrogen and oxygen atoms in total. The minimum absolute atomic E-state index is 0.197. The topological polar surface area (TPSA) is 75.6 Å². The van der Waals surface area contributed by atoms with Gasteiger partial charge >= 0.3 is 0 Å². The zero-order valence-corrected chi connectivity index (χ0v) is 14.7. The van der Waals surface area contributed by atoms with Crippen molar-refractivity contribution in [3.8, 4) is 5.69 Å². The molecule has 0 aliphatic heterocycles. The van der Waals surface area contributed by atoms with Gasteiger partial charge in [0.25, 0.3) is 5.91 Å². The minimum atomic E-state index is -0.275. The van der Waals surface area contributed by atoms with Gasteiger partial charge in [0.2, 0.25) is 0 Å². The molecule has 4 rings (SSSR count). The fourth-order valence-electron chi connectivity index (χ4n) is 3.11. The lowest BCUT2D eigenvalue weighted by Gasteiger charge is -2.10. The van der Waals surface area contributed by atoms with Gasteiger partial charge in [-0.05, 0) is 49.2 Å². The molecule has 2 heterocycles. The lowest BCUT2D eigenvalue weighted by molar-refractivity contribution is 0.0953. The standard InChI is InChI=1S/C20H18FN5O/c1-13-2-5-19(26-24-8-9-25-26)17(10-13)20(27)22-7-6-14-12-23-18-4-3-15(21)11-16(14)18/h2-5,8-12,23H,6-7H2,1H3,(H,22,27). The summed E-state index contributed by atoms with van der Waals surface area (Å²) in [5, 5.41) is 12.0. The zero-order chi connectivity index (χ0) is 18.8. The number of carbonyl (C=O) groups excluding carboxylic acids is 1. The molecule has 0 atom stereocenters. The Morgan fingerprint density at radius 1 is 1.19 bits per heavy atom. The maximum atomic E-state index is 13.5. The maximum Gasteiger partial charge on any atom is 0.253 e. The molecule has 4 aromatic rings. The summed E-state index contributed by atoms with van der Waals surface area (Å²) in [4.78, 5) is 17.3. The number of aromatic amines is 1. The van der Waals surface area contributed by atoms with Crippen LogP contribution in [0.2, 0.25) is 0 Å². The maximum absolute atomic E-state index is 13.5. The number of aromatic nitrogens is 4. The lowest BCUT2D eigenvalue weighted by atomic mass is 10.1. The molecule has 0 unspecified atom stereocenters. The zero-order valence-electron chi connectivity index (χ0n) is 14.7. The van der Waals surface area contributed by atoms with Crippen LogP contribution in [0.3, 0.4) is 0 Å². The summed E-state index contributed by atoms with van der Waals surface area (Å²) in [5.41, 5.74) is 3.95. The third-order valence-corrected chi connectivity index (χ3v) is 4.44. The number of benzene rings is 2. The molecule has 7 heteroatoms. The third-order valence-electron chi connectivity index (χ3n) is 4.44. The second kappa shape index (κ2) is 7.03. The first-order valence-electron chi connectivity index (χ1n) is 8.63. The number of nitrogens with one attached hydrogen (secondary N) is 2. The van der Waals surface area contributed by atoms with E-state index in [2.05, 4.69) is 20.5 Å².